The molecule has 150 valence electrons. The zero-order valence-corrected chi connectivity index (χ0v) is 16.2. The summed E-state index contributed by atoms with van der Waals surface area (Å²) in [6.45, 7) is 1.15. The van der Waals surface area contributed by atoms with E-state index < -0.39 is 0 Å². The molecule has 0 aliphatic carbocycles. The number of carbonyl (C=O) groups excluding carboxylic acids is 1. The lowest BCUT2D eigenvalue weighted by Gasteiger charge is -2.31. The van der Waals surface area contributed by atoms with Crippen LogP contribution >= 0.6 is 0 Å². The summed E-state index contributed by atoms with van der Waals surface area (Å²) in [5, 5.41) is 2.88. The number of benzene rings is 1. The van der Waals surface area contributed by atoms with Crippen molar-refractivity contribution in [2.45, 2.75) is 18.9 Å². The van der Waals surface area contributed by atoms with Crippen LogP contribution in [0, 0.1) is 0 Å². The van der Waals surface area contributed by atoms with Crippen LogP contribution in [0.15, 0.2) is 30.6 Å². The maximum absolute atomic E-state index is 12.6. The van der Waals surface area contributed by atoms with Crippen LogP contribution in [0.25, 0.3) is 0 Å². The maximum Gasteiger partial charge on any atom is 0.321 e. The highest BCUT2D eigenvalue weighted by molar-refractivity contribution is 5.90. The van der Waals surface area contributed by atoms with E-state index in [1.54, 1.807) is 35.5 Å². The van der Waals surface area contributed by atoms with Crippen molar-refractivity contribution in [3.05, 3.63) is 30.6 Å². The second-order valence-corrected chi connectivity index (χ2v) is 6.18. The van der Waals surface area contributed by atoms with E-state index in [4.69, 9.17) is 18.9 Å². The quantitative estimate of drug-likeness (QED) is 0.813. The van der Waals surface area contributed by atoms with E-state index in [0.29, 0.717) is 54.9 Å². The highest BCUT2D eigenvalue weighted by atomic mass is 16.5. The Morgan fingerprint density at radius 3 is 2.18 bits per heavy atom. The summed E-state index contributed by atoms with van der Waals surface area (Å²) in [6.07, 6.45) is 4.69. The minimum Gasteiger partial charge on any atom is -0.493 e. The SMILES string of the molecule is COc1cc(NC(=O)N2CCC(Oc3ncccn3)CC2)cc(OC)c1OC. The Morgan fingerprint density at radius 1 is 1.04 bits per heavy atom. The number of rotatable bonds is 6. The molecule has 3 rings (SSSR count). The van der Waals surface area contributed by atoms with Gasteiger partial charge in [0.2, 0.25) is 5.75 Å². The third-order valence-electron chi connectivity index (χ3n) is 4.46. The molecule has 2 aromatic rings. The van der Waals surface area contributed by atoms with Gasteiger partial charge in [-0.1, -0.05) is 0 Å². The number of nitrogens with one attached hydrogen (secondary N) is 1. The Hall–Kier alpha value is -3.23. The minimum atomic E-state index is -0.191. The lowest BCUT2D eigenvalue weighted by molar-refractivity contribution is 0.107. The van der Waals surface area contributed by atoms with Crippen molar-refractivity contribution >= 4 is 11.7 Å². The molecule has 1 N–H and O–H groups in total. The van der Waals surface area contributed by atoms with Crippen LogP contribution in [-0.4, -0.2) is 61.4 Å². The molecule has 1 aromatic heterocycles. The number of anilines is 1. The summed E-state index contributed by atoms with van der Waals surface area (Å²) in [7, 11) is 4.60. The lowest BCUT2D eigenvalue weighted by atomic mass is 10.1. The topological polar surface area (TPSA) is 95.0 Å². The standard InChI is InChI=1S/C19H24N4O5/c1-25-15-11-13(12-16(26-2)17(15)27-3)22-19(24)23-9-5-14(6-10-23)28-18-20-7-4-8-21-18/h4,7-8,11-12,14H,5-6,9-10H2,1-3H3,(H,22,24). The first-order chi connectivity index (χ1) is 13.6. The molecule has 0 radical (unpaired) electrons. The van der Waals surface area contributed by atoms with Crippen LogP contribution in [0.2, 0.25) is 0 Å². The molecule has 9 heteroatoms. The predicted octanol–water partition coefficient (Wildman–Crippen LogP) is 2.58. The van der Waals surface area contributed by atoms with Gasteiger partial charge in [0, 0.05) is 50.5 Å². The van der Waals surface area contributed by atoms with E-state index in [9.17, 15) is 4.79 Å². The molecule has 0 atom stereocenters. The average molecular weight is 388 g/mol. The number of urea groups is 1. The molecule has 28 heavy (non-hydrogen) atoms. The molecule has 1 aliphatic heterocycles. The fraction of sp³-hybridized carbons (Fsp3) is 0.421. The highest BCUT2D eigenvalue weighted by Crippen LogP contribution is 2.40. The summed E-state index contributed by atoms with van der Waals surface area (Å²) < 4.78 is 21.7. The van der Waals surface area contributed by atoms with E-state index in [2.05, 4.69) is 15.3 Å². The van der Waals surface area contributed by atoms with Gasteiger partial charge < -0.3 is 29.2 Å². The summed E-state index contributed by atoms with van der Waals surface area (Å²) in [5.41, 5.74) is 0.565. The molecule has 0 saturated carbocycles. The third kappa shape index (κ3) is 4.54. The maximum atomic E-state index is 12.6. The number of carbonyl (C=O) groups is 1. The zero-order valence-electron chi connectivity index (χ0n) is 16.2. The predicted molar refractivity (Wildman–Crippen MR) is 102 cm³/mol. The Bertz CT molecular complexity index is 769. The van der Waals surface area contributed by atoms with Gasteiger partial charge in [-0.2, -0.15) is 0 Å². The van der Waals surface area contributed by atoms with Crippen molar-refractivity contribution in [3.8, 4) is 23.3 Å². The van der Waals surface area contributed by atoms with Gasteiger partial charge in [0.25, 0.3) is 0 Å². The van der Waals surface area contributed by atoms with Crippen molar-refractivity contribution in [1.82, 2.24) is 14.9 Å². The fourth-order valence-electron chi connectivity index (χ4n) is 3.03. The van der Waals surface area contributed by atoms with E-state index >= 15 is 0 Å². The second kappa shape index (κ2) is 9.12. The number of amides is 2. The Balaban J connectivity index is 1.58. The smallest absolute Gasteiger partial charge is 0.321 e. The van der Waals surface area contributed by atoms with Gasteiger partial charge in [0.05, 0.1) is 27.0 Å². The van der Waals surface area contributed by atoms with Crippen molar-refractivity contribution in [2.24, 2.45) is 0 Å². The number of methoxy groups -OCH3 is 3. The van der Waals surface area contributed by atoms with E-state index in [0.717, 1.165) is 0 Å². The van der Waals surface area contributed by atoms with Crippen molar-refractivity contribution in [3.63, 3.8) is 0 Å². The molecule has 1 fully saturated rings. The molecular formula is C19H24N4O5. The first-order valence-electron chi connectivity index (χ1n) is 8.94. The molecule has 1 aliphatic rings. The minimum absolute atomic E-state index is 0.00683. The van der Waals surface area contributed by atoms with Gasteiger partial charge in [-0.05, 0) is 6.07 Å². The third-order valence-corrected chi connectivity index (χ3v) is 4.46. The first-order valence-corrected chi connectivity index (χ1v) is 8.94. The average Bonchev–Trinajstić information content (AvgIpc) is 2.74. The van der Waals surface area contributed by atoms with Gasteiger partial charge in [-0.25, -0.2) is 14.8 Å². The van der Waals surface area contributed by atoms with Crippen LogP contribution < -0.4 is 24.3 Å². The Kier molecular flexibility index (Phi) is 6.36. The summed E-state index contributed by atoms with van der Waals surface area (Å²) in [5.74, 6) is 1.43. The van der Waals surface area contributed by atoms with Crippen molar-refractivity contribution < 1.29 is 23.7 Å². The number of hydrogen-bond donors (Lipinski definition) is 1. The highest BCUT2D eigenvalue weighted by Gasteiger charge is 2.25. The molecule has 1 aromatic carbocycles. The number of aromatic nitrogens is 2. The van der Waals surface area contributed by atoms with E-state index in [-0.39, 0.29) is 12.1 Å². The first kappa shape index (κ1) is 19.5. The van der Waals surface area contributed by atoms with Crippen molar-refractivity contribution in [2.75, 3.05) is 39.7 Å². The number of ether oxygens (including phenoxy) is 4. The lowest BCUT2D eigenvalue weighted by Crippen LogP contribution is -2.43. The normalized spacial score (nSPS) is 14.3. The van der Waals surface area contributed by atoms with Crippen LogP contribution in [0.4, 0.5) is 10.5 Å². The van der Waals surface area contributed by atoms with Crippen LogP contribution in [-0.2, 0) is 0 Å². The van der Waals surface area contributed by atoms with E-state index in [1.165, 1.54) is 21.3 Å². The monoisotopic (exact) mass is 388 g/mol. The summed E-state index contributed by atoms with van der Waals surface area (Å²) >= 11 is 0. The fourth-order valence-corrected chi connectivity index (χ4v) is 3.03. The molecular weight excluding hydrogens is 364 g/mol. The zero-order chi connectivity index (χ0) is 19.9. The molecule has 0 bridgehead atoms. The molecule has 2 amide bonds. The van der Waals surface area contributed by atoms with Gasteiger partial charge in [-0.3, -0.25) is 0 Å². The van der Waals surface area contributed by atoms with Gasteiger partial charge in [-0.15, -0.1) is 0 Å². The van der Waals surface area contributed by atoms with Gasteiger partial charge in [0.1, 0.15) is 6.10 Å². The van der Waals surface area contributed by atoms with E-state index in [1.807, 2.05) is 0 Å². The Morgan fingerprint density at radius 2 is 1.64 bits per heavy atom. The van der Waals surface area contributed by atoms with Crippen LogP contribution in [0.3, 0.4) is 0 Å². The second-order valence-electron chi connectivity index (χ2n) is 6.18. The number of likely N-dealkylation sites (tertiary alicyclic amines) is 1. The number of hydrogen-bond acceptors (Lipinski definition) is 7. The van der Waals surface area contributed by atoms with Crippen molar-refractivity contribution in [1.29, 1.82) is 0 Å². The number of nitrogens with zero attached hydrogens (tertiary/aromatic N) is 3. The molecule has 0 spiro atoms. The largest absolute Gasteiger partial charge is 0.493 e. The summed E-state index contributed by atoms with van der Waals surface area (Å²) in [4.78, 5) is 22.5. The Labute approximate surface area is 163 Å². The molecule has 1 saturated heterocycles. The molecule has 0 unspecified atom stereocenters. The number of piperidine rings is 1. The van der Waals surface area contributed by atoms with Crippen LogP contribution in [0.1, 0.15) is 12.8 Å². The van der Waals surface area contributed by atoms with Gasteiger partial charge in [0.15, 0.2) is 11.5 Å². The van der Waals surface area contributed by atoms with Gasteiger partial charge >= 0.3 is 12.0 Å². The molecule has 2 heterocycles. The molecule has 9 nitrogen and oxygen atoms in total. The van der Waals surface area contributed by atoms with Crippen LogP contribution in [0.5, 0.6) is 23.3 Å². The summed E-state index contributed by atoms with van der Waals surface area (Å²) in [6, 6.07) is 5.30.